The predicted molar refractivity (Wildman–Crippen MR) is 139 cm³/mol. The fourth-order valence-corrected chi connectivity index (χ4v) is 5.98. The van der Waals surface area contributed by atoms with Crippen molar-refractivity contribution in [3.8, 4) is 0 Å². The molecule has 0 saturated carbocycles. The van der Waals surface area contributed by atoms with Gasteiger partial charge in [-0.25, -0.2) is 9.97 Å². The lowest BCUT2D eigenvalue weighted by Gasteiger charge is -2.22. The van der Waals surface area contributed by atoms with Crippen molar-refractivity contribution in [2.75, 3.05) is 0 Å². The molecule has 9 heteroatoms. The summed E-state index contributed by atoms with van der Waals surface area (Å²) in [4.78, 5) is 54.6. The maximum Gasteiger partial charge on any atom is 0.265 e. The zero-order chi connectivity index (χ0) is 24.8. The van der Waals surface area contributed by atoms with E-state index in [1.54, 1.807) is 27.7 Å². The summed E-state index contributed by atoms with van der Waals surface area (Å²) in [6.45, 7) is 2.92. The maximum absolute atomic E-state index is 13.9. The topological polar surface area (TPSA) is 101 Å². The minimum absolute atomic E-state index is 0.0737. The molecule has 1 aliphatic heterocycles. The van der Waals surface area contributed by atoms with Crippen LogP contribution in [0.2, 0.25) is 0 Å². The Kier molecular flexibility index (Phi) is 5.49. The van der Waals surface area contributed by atoms with Crippen LogP contribution in [0.15, 0.2) is 64.2 Å². The Morgan fingerprint density at radius 2 is 1.83 bits per heavy atom. The number of H-pyrrole nitrogens is 1. The molecule has 8 nitrogen and oxygen atoms in total. The number of aromatic nitrogens is 4. The van der Waals surface area contributed by atoms with Crippen molar-refractivity contribution in [1.29, 1.82) is 0 Å². The lowest BCUT2D eigenvalue weighted by molar-refractivity contribution is 0.0730. The van der Waals surface area contributed by atoms with E-state index in [0.29, 0.717) is 50.5 Å². The van der Waals surface area contributed by atoms with E-state index in [0.717, 1.165) is 24.2 Å². The number of hydrogen-bond acceptors (Lipinski definition) is 6. The van der Waals surface area contributed by atoms with E-state index in [-0.39, 0.29) is 23.6 Å². The van der Waals surface area contributed by atoms with Crippen LogP contribution in [0, 0.1) is 6.92 Å². The van der Waals surface area contributed by atoms with Crippen LogP contribution < -0.4 is 11.1 Å². The molecule has 1 N–H and O–H groups in total. The number of carbonyl (C=O) groups is 1. The number of nitrogens with one attached hydrogen (secondary N) is 1. The SMILES string of the molecule is Cc1c(C(=O)N(Cc2ccccc2)Cc2nc3ccccc3c(=O)[nH]2)sc2nc3n(c(=O)c12)CCC3. The minimum Gasteiger partial charge on any atom is -0.326 e. The van der Waals surface area contributed by atoms with Crippen molar-refractivity contribution in [2.45, 2.75) is 39.4 Å². The lowest BCUT2D eigenvalue weighted by atomic mass is 10.1. The van der Waals surface area contributed by atoms with Crippen LogP contribution in [0.5, 0.6) is 0 Å². The molecule has 1 amide bonds. The number of para-hydroxylation sites is 1. The van der Waals surface area contributed by atoms with Gasteiger partial charge in [-0.1, -0.05) is 42.5 Å². The van der Waals surface area contributed by atoms with Gasteiger partial charge in [0.1, 0.15) is 16.5 Å². The number of carbonyl (C=O) groups excluding carboxylic acids is 1. The first-order chi connectivity index (χ1) is 17.5. The van der Waals surface area contributed by atoms with Crippen molar-refractivity contribution in [3.63, 3.8) is 0 Å². The van der Waals surface area contributed by atoms with E-state index in [1.807, 2.05) is 43.3 Å². The first-order valence-corrected chi connectivity index (χ1v) is 12.6. The van der Waals surface area contributed by atoms with Gasteiger partial charge in [0.2, 0.25) is 0 Å². The molecule has 1 aliphatic rings. The monoisotopic (exact) mass is 497 g/mol. The lowest BCUT2D eigenvalue weighted by Crippen LogP contribution is -2.31. The van der Waals surface area contributed by atoms with Crippen molar-refractivity contribution >= 4 is 38.4 Å². The molecule has 0 aliphatic carbocycles. The molecule has 0 saturated heterocycles. The average Bonchev–Trinajstić information content (AvgIpc) is 3.49. The molecule has 0 atom stereocenters. The van der Waals surface area contributed by atoms with Crippen molar-refractivity contribution in [1.82, 2.24) is 24.4 Å². The third kappa shape index (κ3) is 3.81. The predicted octanol–water partition coefficient (Wildman–Crippen LogP) is 3.79. The molecule has 36 heavy (non-hydrogen) atoms. The van der Waals surface area contributed by atoms with E-state index in [9.17, 15) is 14.4 Å². The quantitative estimate of drug-likeness (QED) is 0.398. The van der Waals surface area contributed by atoms with Gasteiger partial charge in [0.05, 0.1) is 27.7 Å². The Bertz CT molecular complexity index is 1750. The van der Waals surface area contributed by atoms with Gasteiger partial charge in [-0.2, -0.15) is 0 Å². The molecule has 180 valence electrons. The highest BCUT2D eigenvalue weighted by Crippen LogP contribution is 2.30. The van der Waals surface area contributed by atoms with Crippen LogP contribution in [-0.4, -0.2) is 30.3 Å². The smallest absolute Gasteiger partial charge is 0.265 e. The number of hydrogen-bond donors (Lipinski definition) is 1. The minimum atomic E-state index is -0.243. The number of aryl methyl sites for hydroxylation is 2. The summed E-state index contributed by atoms with van der Waals surface area (Å²) in [6.07, 6.45) is 1.68. The highest BCUT2D eigenvalue weighted by molar-refractivity contribution is 7.20. The van der Waals surface area contributed by atoms with Gasteiger partial charge in [-0.15, -0.1) is 11.3 Å². The summed E-state index contributed by atoms with van der Waals surface area (Å²) >= 11 is 1.26. The van der Waals surface area contributed by atoms with Gasteiger partial charge < -0.3 is 9.88 Å². The van der Waals surface area contributed by atoms with Crippen molar-refractivity contribution < 1.29 is 4.79 Å². The summed E-state index contributed by atoms with van der Waals surface area (Å²) < 4.78 is 1.72. The van der Waals surface area contributed by atoms with E-state index in [4.69, 9.17) is 4.98 Å². The summed E-state index contributed by atoms with van der Waals surface area (Å²) in [5, 5.41) is 1.02. The highest BCUT2D eigenvalue weighted by atomic mass is 32.1. The second-order valence-corrected chi connectivity index (χ2v) is 10.0. The standard InChI is InChI=1S/C27H23N5O3S/c1-16-22-25(30-21-12-7-13-32(21)26(22)34)36-23(16)27(35)31(14-17-8-3-2-4-9-17)15-20-28-19-11-6-5-10-18(19)24(33)29-20/h2-6,8-11H,7,12-15H2,1H3,(H,28,29,33). The number of benzene rings is 2. The molecule has 0 radical (unpaired) electrons. The zero-order valence-corrected chi connectivity index (χ0v) is 20.5. The van der Waals surface area contributed by atoms with Crippen LogP contribution in [0.25, 0.3) is 21.1 Å². The van der Waals surface area contributed by atoms with Crippen LogP contribution in [-0.2, 0) is 26.1 Å². The summed E-state index contributed by atoms with van der Waals surface area (Å²) in [6, 6.07) is 16.8. The number of rotatable bonds is 5. The van der Waals surface area contributed by atoms with E-state index < -0.39 is 0 Å². The average molecular weight is 498 g/mol. The molecule has 0 unspecified atom stereocenters. The fraction of sp³-hybridized carbons (Fsp3) is 0.222. The van der Waals surface area contributed by atoms with Gasteiger partial charge in [-0.05, 0) is 36.6 Å². The molecular weight excluding hydrogens is 474 g/mol. The van der Waals surface area contributed by atoms with Crippen LogP contribution in [0.1, 0.15) is 38.9 Å². The molecule has 0 fully saturated rings. The molecule has 3 aromatic heterocycles. The molecule has 0 bridgehead atoms. The Labute approximate surface area is 209 Å². The number of aromatic amines is 1. The van der Waals surface area contributed by atoms with Gasteiger partial charge in [-0.3, -0.25) is 19.0 Å². The Morgan fingerprint density at radius 3 is 2.67 bits per heavy atom. The number of fused-ring (bicyclic) bond motifs is 3. The third-order valence-corrected chi connectivity index (χ3v) is 7.79. The summed E-state index contributed by atoms with van der Waals surface area (Å²) in [5.41, 5.74) is 1.86. The van der Waals surface area contributed by atoms with Gasteiger partial charge in [0.15, 0.2) is 0 Å². The van der Waals surface area contributed by atoms with Gasteiger partial charge >= 0.3 is 0 Å². The second-order valence-electron chi connectivity index (χ2n) is 9.00. The third-order valence-electron chi connectivity index (χ3n) is 6.61. The van der Waals surface area contributed by atoms with Crippen molar-refractivity contribution in [2.24, 2.45) is 0 Å². The number of nitrogens with zero attached hydrogens (tertiary/aromatic N) is 4. The second kappa shape index (κ2) is 8.83. The van der Waals surface area contributed by atoms with E-state index in [2.05, 4.69) is 9.97 Å². The molecule has 2 aromatic carbocycles. The Morgan fingerprint density at radius 1 is 1.06 bits per heavy atom. The Balaban J connectivity index is 1.43. The fourth-order valence-electron chi connectivity index (χ4n) is 4.82. The van der Waals surface area contributed by atoms with Gasteiger partial charge in [0.25, 0.3) is 17.0 Å². The highest BCUT2D eigenvalue weighted by Gasteiger charge is 2.27. The molecule has 0 spiro atoms. The first-order valence-electron chi connectivity index (χ1n) is 11.8. The molecular formula is C27H23N5O3S. The van der Waals surface area contributed by atoms with E-state index in [1.165, 1.54) is 11.3 Å². The van der Waals surface area contributed by atoms with Crippen LogP contribution in [0.3, 0.4) is 0 Å². The van der Waals surface area contributed by atoms with E-state index >= 15 is 0 Å². The number of amides is 1. The maximum atomic E-state index is 13.9. The summed E-state index contributed by atoms with van der Waals surface area (Å²) in [5.74, 6) is 0.963. The van der Waals surface area contributed by atoms with Crippen LogP contribution in [0.4, 0.5) is 0 Å². The van der Waals surface area contributed by atoms with Crippen LogP contribution >= 0.6 is 11.3 Å². The molecule has 5 aromatic rings. The first kappa shape index (κ1) is 22.4. The van der Waals surface area contributed by atoms with Crippen molar-refractivity contribution in [3.05, 3.63) is 103 Å². The largest absolute Gasteiger partial charge is 0.326 e. The molecule has 6 rings (SSSR count). The zero-order valence-electron chi connectivity index (χ0n) is 19.7. The summed E-state index contributed by atoms with van der Waals surface area (Å²) in [7, 11) is 0. The van der Waals surface area contributed by atoms with Gasteiger partial charge in [0, 0.05) is 19.5 Å². The number of thiophene rings is 1. The normalized spacial score (nSPS) is 12.8. The Hall–Kier alpha value is -4.11. The molecule has 4 heterocycles.